The van der Waals surface area contributed by atoms with Crippen LogP contribution in [0.15, 0.2) is 0 Å². The Bertz CT molecular complexity index is 153. The van der Waals surface area contributed by atoms with Crippen molar-refractivity contribution >= 4 is 11.8 Å². The Balaban J connectivity index is 3.54. The minimum atomic E-state index is -1.40. The van der Waals surface area contributed by atoms with Gasteiger partial charge in [-0.3, -0.25) is 4.79 Å². The van der Waals surface area contributed by atoms with Crippen LogP contribution < -0.4 is 0 Å². The van der Waals surface area contributed by atoms with E-state index in [1.54, 1.807) is 6.92 Å². The predicted molar refractivity (Wildman–Crippen MR) is 38.2 cm³/mol. The number of hydrogen-bond donors (Lipinski definition) is 2. The van der Waals surface area contributed by atoms with Crippen LogP contribution in [-0.2, 0) is 9.59 Å². The molecule has 1 atom stereocenters. The number of hydrogen-bond acceptors (Lipinski definition) is 3. The molecule has 0 amide bonds. The number of aliphatic hydroxyl groups excluding tert-OH is 1. The van der Waals surface area contributed by atoms with Crippen molar-refractivity contribution < 1.29 is 19.8 Å². The smallest absolute Gasteiger partial charge is 0.332 e. The van der Waals surface area contributed by atoms with Crippen molar-refractivity contribution in [1.29, 1.82) is 0 Å². The van der Waals surface area contributed by atoms with E-state index in [1.807, 2.05) is 0 Å². The van der Waals surface area contributed by atoms with E-state index in [2.05, 4.69) is 0 Å². The Labute approximate surface area is 64.8 Å². The first-order valence-corrected chi connectivity index (χ1v) is 3.50. The zero-order chi connectivity index (χ0) is 8.85. The molecule has 0 saturated carbocycles. The molecule has 0 rings (SSSR count). The SMILES string of the molecule is CCC(=O)CCC(O)C(=O)O. The monoisotopic (exact) mass is 160 g/mol. The van der Waals surface area contributed by atoms with Gasteiger partial charge in [0.15, 0.2) is 6.10 Å². The highest BCUT2D eigenvalue weighted by molar-refractivity contribution is 5.79. The number of carboxylic acid groups (broad SMARTS) is 1. The maximum Gasteiger partial charge on any atom is 0.332 e. The van der Waals surface area contributed by atoms with Crippen molar-refractivity contribution in [3.63, 3.8) is 0 Å². The molecular weight excluding hydrogens is 148 g/mol. The van der Waals surface area contributed by atoms with Gasteiger partial charge in [0.2, 0.25) is 0 Å². The van der Waals surface area contributed by atoms with Crippen LogP contribution in [0.1, 0.15) is 26.2 Å². The Morgan fingerprint density at radius 1 is 1.45 bits per heavy atom. The van der Waals surface area contributed by atoms with Crippen molar-refractivity contribution in [3.8, 4) is 0 Å². The number of aliphatic carboxylic acids is 1. The summed E-state index contributed by atoms with van der Waals surface area (Å²) in [6, 6.07) is 0. The molecule has 0 fully saturated rings. The summed E-state index contributed by atoms with van der Waals surface area (Å²) in [5.74, 6) is -1.29. The molecule has 1 unspecified atom stereocenters. The third-order valence-electron chi connectivity index (χ3n) is 1.38. The molecule has 64 valence electrons. The second-order valence-electron chi connectivity index (χ2n) is 2.28. The van der Waals surface area contributed by atoms with E-state index in [9.17, 15) is 9.59 Å². The van der Waals surface area contributed by atoms with E-state index in [-0.39, 0.29) is 18.6 Å². The summed E-state index contributed by atoms with van der Waals surface area (Å²) in [5, 5.41) is 16.9. The Kier molecular flexibility index (Phi) is 4.45. The fourth-order valence-corrected chi connectivity index (χ4v) is 0.598. The van der Waals surface area contributed by atoms with Crippen LogP contribution in [0.25, 0.3) is 0 Å². The third-order valence-corrected chi connectivity index (χ3v) is 1.38. The highest BCUT2D eigenvalue weighted by atomic mass is 16.4. The highest BCUT2D eigenvalue weighted by Crippen LogP contribution is 1.99. The Morgan fingerprint density at radius 3 is 2.36 bits per heavy atom. The summed E-state index contributed by atoms with van der Waals surface area (Å²) in [7, 11) is 0. The topological polar surface area (TPSA) is 74.6 Å². The average Bonchev–Trinajstić information content (AvgIpc) is 1.99. The summed E-state index contributed by atoms with van der Waals surface area (Å²) >= 11 is 0. The second kappa shape index (κ2) is 4.85. The van der Waals surface area contributed by atoms with E-state index in [0.29, 0.717) is 6.42 Å². The van der Waals surface area contributed by atoms with Crippen molar-refractivity contribution in [2.24, 2.45) is 0 Å². The zero-order valence-corrected chi connectivity index (χ0v) is 6.41. The largest absolute Gasteiger partial charge is 0.479 e. The molecule has 0 aromatic rings. The predicted octanol–water partition coefficient (Wildman–Crippen LogP) is 0.191. The molecule has 0 radical (unpaired) electrons. The number of carboxylic acids is 1. The van der Waals surface area contributed by atoms with Crippen molar-refractivity contribution in [3.05, 3.63) is 0 Å². The maximum absolute atomic E-state index is 10.6. The molecular formula is C7H12O4. The van der Waals surface area contributed by atoms with Gasteiger partial charge in [-0.15, -0.1) is 0 Å². The number of Topliss-reactive ketones (excluding diaryl/α,β-unsaturated/α-hetero) is 1. The Morgan fingerprint density at radius 2 is 2.00 bits per heavy atom. The molecule has 11 heavy (non-hydrogen) atoms. The highest BCUT2D eigenvalue weighted by Gasteiger charge is 2.13. The molecule has 0 heterocycles. The van der Waals surface area contributed by atoms with Crippen LogP contribution in [0, 0.1) is 0 Å². The van der Waals surface area contributed by atoms with Gasteiger partial charge in [-0.25, -0.2) is 4.79 Å². The average molecular weight is 160 g/mol. The molecule has 0 aliphatic rings. The minimum absolute atomic E-state index is 0.0159. The molecule has 0 spiro atoms. The van der Waals surface area contributed by atoms with Gasteiger partial charge < -0.3 is 10.2 Å². The lowest BCUT2D eigenvalue weighted by atomic mass is 10.1. The lowest BCUT2D eigenvalue weighted by Crippen LogP contribution is -2.20. The fourth-order valence-electron chi connectivity index (χ4n) is 0.598. The number of aliphatic hydroxyl groups is 1. The fraction of sp³-hybridized carbons (Fsp3) is 0.714. The van der Waals surface area contributed by atoms with Gasteiger partial charge in [0.25, 0.3) is 0 Å². The first-order valence-electron chi connectivity index (χ1n) is 3.50. The number of carbonyl (C=O) groups excluding carboxylic acids is 1. The van der Waals surface area contributed by atoms with E-state index >= 15 is 0 Å². The molecule has 4 heteroatoms. The lowest BCUT2D eigenvalue weighted by molar-refractivity contribution is -0.147. The van der Waals surface area contributed by atoms with Gasteiger partial charge in [-0.1, -0.05) is 6.92 Å². The van der Waals surface area contributed by atoms with Gasteiger partial charge in [0.1, 0.15) is 5.78 Å². The minimum Gasteiger partial charge on any atom is -0.479 e. The summed E-state index contributed by atoms with van der Waals surface area (Å²) in [6.07, 6.45) is -0.844. The lowest BCUT2D eigenvalue weighted by Gasteiger charge is -2.02. The molecule has 0 aromatic heterocycles. The number of ketones is 1. The summed E-state index contributed by atoms with van der Waals surface area (Å²) in [4.78, 5) is 20.7. The Hall–Kier alpha value is -0.900. The van der Waals surface area contributed by atoms with Crippen LogP contribution in [0.3, 0.4) is 0 Å². The van der Waals surface area contributed by atoms with Gasteiger partial charge >= 0.3 is 5.97 Å². The van der Waals surface area contributed by atoms with Crippen molar-refractivity contribution in [2.75, 3.05) is 0 Å². The number of rotatable bonds is 5. The molecule has 4 nitrogen and oxygen atoms in total. The quantitative estimate of drug-likeness (QED) is 0.602. The van der Waals surface area contributed by atoms with E-state index in [1.165, 1.54) is 0 Å². The van der Waals surface area contributed by atoms with Crippen LogP contribution in [0.2, 0.25) is 0 Å². The molecule has 0 bridgehead atoms. The van der Waals surface area contributed by atoms with Crippen LogP contribution in [0.5, 0.6) is 0 Å². The van der Waals surface area contributed by atoms with Crippen molar-refractivity contribution in [1.82, 2.24) is 0 Å². The van der Waals surface area contributed by atoms with Crippen molar-refractivity contribution in [2.45, 2.75) is 32.3 Å². The molecule has 0 saturated heterocycles. The molecule has 0 aliphatic heterocycles. The van der Waals surface area contributed by atoms with Crippen LogP contribution in [-0.4, -0.2) is 28.1 Å². The normalized spacial score (nSPS) is 12.5. The van der Waals surface area contributed by atoms with Crippen LogP contribution in [0.4, 0.5) is 0 Å². The third kappa shape index (κ3) is 4.50. The first kappa shape index (κ1) is 10.1. The molecule has 0 aliphatic carbocycles. The van der Waals surface area contributed by atoms with E-state index in [4.69, 9.17) is 10.2 Å². The van der Waals surface area contributed by atoms with Crippen LogP contribution >= 0.6 is 0 Å². The van der Waals surface area contributed by atoms with Gasteiger partial charge in [0.05, 0.1) is 0 Å². The summed E-state index contributed by atoms with van der Waals surface area (Å²) in [5.41, 5.74) is 0. The van der Waals surface area contributed by atoms with E-state index in [0.717, 1.165) is 0 Å². The summed E-state index contributed by atoms with van der Waals surface area (Å²) < 4.78 is 0. The van der Waals surface area contributed by atoms with Gasteiger partial charge in [-0.05, 0) is 6.42 Å². The second-order valence-corrected chi connectivity index (χ2v) is 2.28. The van der Waals surface area contributed by atoms with Gasteiger partial charge in [0, 0.05) is 12.8 Å². The molecule has 2 N–H and O–H groups in total. The number of carbonyl (C=O) groups is 2. The first-order chi connectivity index (χ1) is 5.07. The zero-order valence-electron chi connectivity index (χ0n) is 6.41. The molecule has 0 aromatic carbocycles. The van der Waals surface area contributed by atoms with E-state index < -0.39 is 12.1 Å². The summed E-state index contributed by atoms with van der Waals surface area (Å²) in [6.45, 7) is 1.70. The standard InChI is InChI=1S/C7H12O4/c1-2-5(8)3-4-6(9)7(10)11/h6,9H,2-4H2,1H3,(H,10,11). The van der Waals surface area contributed by atoms with Gasteiger partial charge in [-0.2, -0.15) is 0 Å². The maximum atomic E-state index is 10.6.